The number of aromatic nitrogens is 1. The third-order valence-electron chi connectivity index (χ3n) is 7.62. The second-order valence-electron chi connectivity index (χ2n) is 10.5. The van der Waals surface area contributed by atoms with Crippen LogP contribution in [0.15, 0.2) is 63.5 Å². The van der Waals surface area contributed by atoms with Gasteiger partial charge < -0.3 is 23.8 Å². The number of benzene rings is 2. The van der Waals surface area contributed by atoms with Gasteiger partial charge in [-0.15, -0.1) is 0 Å². The van der Waals surface area contributed by atoms with E-state index in [1.807, 2.05) is 24.0 Å². The van der Waals surface area contributed by atoms with Crippen molar-refractivity contribution >= 4 is 29.3 Å². The van der Waals surface area contributed by atoms with E-state index in [-0.39, 0.29) is 24.7 Å². The average Bonchev–Trinajstić information content (AvgIpc) is 3.68. The Balaban J connectivity index is 1.56. The first-order valence-electron chi connectivity index (χ1n) is 14.8. The lowest BCUT2D eigenvalue weighted by molar-refractivity contribution is -0.139. The fourth-order valence-electron chi connectivity index (χ4n) is 5.48. The maximum absolute atomic E-state index is 14.1. The molecule has 44 heavy (non-hydrogen) atoms. The molecule has 2 aliphatic rings. The number of nitrogens with zero attached hydrogens (tertiary/aromatic N) is 3. The van der Waals surface area contributed by atoms with Crippen molar-refractivity contribution in [1.29, 1.82) is 0 Å². The van der Waals surface area contributed by atoms with Crippen LogP contribution in [-0.4, -0.2) is 61.9 Å². The van der Waals surface area contributed by atoms with Gasteiger partial charge in [-0.3, -0.25) is 14.2 Å². The number of esters is 1. The van der Waals surface area contributed by atoms with Crippen LogP contribution in [0.3, 0.4) is 0 Å². The van der Waals surface area contributed by atoms with Crippen molar-refractivity contribution in [3.05, 3.63) is 84.5 Å². The third kappa shape index (κ3) is 6.42. The van der Waals surface area contributed by atoms with Gasteiger partial charge in [0.15, 0.2) is 11.4 Å². The third-order valence-corrected chi connectivity index (χ3v) is 8.61. The van der Waals surface area contributed by atoms with Crippen LogP contribution in [-0.2, 0) is 14.3 Å². The van der Waals surface area contributed by atoms with E-state index in [0.29, 0.717) is 49.8 Å². The molecule has 1 fully saturated rings. The molecule has 0 saturated carbocycles. The molecular formula is C33H37N3O7S. The van der Waals surface area contributed by atoms with Crippen molar-refractivity contribution in [3.8, 4) is 17.2 Å². The molecule has 0 radical (unpaired) electrons. The van der Waals surface area contributed by atoms with Crippen molar-refractivity contribution in [1.82, 2.24) is 9.47 Å². The van der Waals surface area contributed by atoms with Crippen LogP contribution in [0, 0.1) is 0 Å². The normalized spacial score (nSPS) is 16.4. The number of ether oxygens (including phenoxy) is 4. The van der Waals surface area contributed by atoms with Crippen LogP contribution in [0.2, 0.25) is 0 Å². The number of fused-ring (bicyclic) bond motifs is 1. The second kappa shape index (κ2) is 13.9. The van der Waals surface area contributed by atoms with Crippen LogP contribution >= 0.6 is 11.3 Å². The van der Waals surface area contributed by atoms with E-state index < -0.39 is 12.0 Å². The minimum atomic E-state index is -0.831. The molecule has 1 aromatic heterocycles. The van der Waals surface area contributed by atoms with Crippen LogP contribution in [0.5, 0.6) is 17.2 Å². The van der Waals surface area contributed by atoms with Crippen molar-refractivity contribution in [2.24, 2.45) is 4.99 Å². The number of methoxy groups -OCH3 is 2. The minimum absolute atomic E-state index is 0.00538. The molecule has 0 aliphatic carbocycles. The van der Waals surface area contributed by atoms with Gasteiger partial charge in [-0.25, -0.2) is 9.79 Å². The van der Waals surface area contributed by atoms with Crippen molar-refractivity contribution in [3.63, 3.8) is 0 Å². The van der Waals surface area contributed by atoms with Crippen LogP contribution in [0.4, 0.5) is 0 Å². The molecular weight excluding hydrogens is 582 g/mol. The van der Waals surface area contributed by atoms with Crippen LogP contribution in [0.25, 0.3) is 6.08 Å². The summed E-state index contributed by atoms with van der Waals surface area (Å²) in [5, 5.41) is 0. The van der Waals surface area contributed by atoms with Gasteiger partial charge in [0.05, 0.1) is 36.6 Å². The molecule has 232 valence electrons. The van der Waals surface area contributed by atoms with Gasteiger partial charge in [0, 0.05) is 18.7 Å². The van der Waals surface area contributed by atoms with Gasteiger partial charge in [-0.1, -0.05) is 36.8 Å². The van der Waals surface area contributed by atoms with Crippen molar-refractivity contribution in [2.75, 3.05) is 40.5 Å². The van der Waals surface area contributed by atoms with E-state index >= 15 is 0 Å². The molecule has 11 heteroatoms. The molecule has 2 aliphatic heterocycles. The Morgan fingerprint density at radius 2 is 1.75 bits per heavy atom. The summed E-state index contributed by atoms with van der Waals surface area (Å²) in [6, 6.07) is 11.7. The van der Waals surface area contributed by atoms with E-state index in [4.69, 9.17) is 23.9 Å². The van der Waals surface area contributed by atoms with E-state index in [1.165, 1.54) is 11.3 Å². The predicted molar refractivity (Wildman–Crippen MR) is 167 cm³/mol. The fourth-order valence-corrected chi connectivity index (χ4v) is 6.50. The molecule has 1 atom stereocenters. The average molecular weight is 620 g/mol. The standard InChI is InChI=1S/C33H37N3O7S/c1-5-9-25-29(32(39)42-6-2)30(24-19-23(40-3)14-15-26(24)41-4)36-31(38)27(44-33(36)34-25)18-21-10-12-22(13-11-21)43-20-28(37)35-16-7-8-17-35/h10-15,18-19,30H,5-9,16-17,20H2,1-4H3/b27-18-/t30-/m0/s1. The number of hydrogen-bond acceptors (Lipinski definition) is 9. The topological polar surface area (TPSA) is 109 Å². The van der Waals surface area contributed by atoms with E-state index in [9.17, 15) is 14.4 Å². The summed E-state index contributed by atoms with van der Waals surface area (Å²) in [5.41, 5.74) is 1.97. The summed E-state index contributed by atoms with van der Waals surface area (Å²) < 4.78 is 24.4. The fraction of sp³-hybridized carbons (Fsp3) is 0.394. The lowest BCUT2D eigenvalue weighted by Gasteiger charge is -2.27. The second-order valence-corrected chi connectivity index (χ2v) is 11.5. The highest BCUT2D eigenvalue weighted by Crippen LogP contribution is 2.38. The lowest BCUT2D eigenvalue weighted by atomic mass is 9.93. The van der Waals surface area contributed by atoms with Crippen molar-refractivity contribution < 1.29 is 28.5 Å². The van der Waals surface area contributed by atoms with Gasteiger partial charge in [0.1, 0.15) is 23.3 Å². The SMILES string of the molecule is CCCC1=C(C(=O)OCC)[C@H](c2cc(OC)ccc2OC)n2c(s/c(=C\c3ccc(OCC(=O)N4CCCC4)cc3)c2=O)=N1. The Morgan fingerprint density at radius 3 is 2.41 bits per heavy atom. The molecule has 0 N–H and O–H groups in total. The summed E-state index contributed by atoms with van der Waals surface area (Å²) in [7, 11) is 3.11. The van der Waals surface area contributed by atoms with Gasteiger partial charge >= 0.3 is 5.97 Å². The predicted octanol–water partition coefficient (Wildman–Crippen LogP) is 3.60. The number of hydrogen-bond donors (Lipinski definition) is 0. The highest BCUT2D eigenvalue weighted by atomic mass is 32.1. The number of amides is 1. The molecule has 3 heterocycles. The summed E-state index contributed by atoms with van der Waals surface area (Å²) in [6.07, 6.45) is 5.13. The van der Waals surface area contributed by atoms with E-state index in [1.54, 1.807) is 62.1 Å². The Labute approximate surface area is 259 Å². The van der Waals surface area contributed by atoms with E-state index in [0.717, 1.165) is 37.9 Å². The van der Waals surface area contributed by atoms with Gasteiger partial charge in [-0.05, 0) is 68.2 Å². The first kappa shape index (κ1) is 31.1. The maximum Gasteiger partial charge on any atom is 0.338 e. The Hall–Kier alpha value is -4.38. The number of likely N-dealkylation sites (tertiary alicyclic amines) is 1. The quantitative estimate of drug-likeness (QED) is 0.302. The largest absolute Gasteiger partial charge is 0.497 e. The van der Waals surface area contributed by atoms with Crippen LogP contribution < -0.4 is 29.1 Å². The van der Waals surface area contributed by atoms with Gasteiger partial charge in [0.2, 0.25) is 0 Å². The first-order chi connectivity index (χ1) is 21.4. The summed E-state index contributed by atoms with van der Waals surface area (Å²) in [5.74, 6) is 1.10. The zero-order valence-corrected chi connectivity index (χ0v) is 26.3. The number of thiazole rings is 1. The monoisotopic (exact) mass is 619 g/mol. The maximum atomic E-state index is 14.1. The van der Waals surface area contributed by atoms with Gasteiger partial charge in [-0.2, -0.15) is 0 Å². The zero-order valence-electron chi connectivity index (χ0n) is 25.5. The van der Waals surface area contributed by atoms with Crippen LogP contribution in [0.1, 0.15) is 56.7 Å². The molecule has 1 amide bonds. The summed E-state index contributed by atoms with van der Waals surface area (Å²) in [4.78, 5) is 47.0. The van der Waals surface area contributed by atoms with Crippen molar-refractivity contribution in [2.45, 2.75) is 45.6 Å². The number of rotatable bonds is 11. The molecule has 5 rings (SSSR count). The highest BCUT2D eigenvalue weighted by Gasteiger charge is 2.36. The number of carbonyl (C=O) groups is 2. The minimum Gasteiger partial charge on any atom is -0.497 e. The first-order valence-corrected chi connectivity index (χ1v) is 15.6. The molecule has 3 aromatic rings. The Morgan fingerprint density at radius 1 is 1.02 bits per heavy atom. The van der Waals surface area contributed by atoms with E-state index in [2.05, 4.69) is 0 Å². The number of allylic oxidation sites excluding steroid dienone is 1. The molecule has 0 unspecified atom stereocenters. The zero-order chi connectivity index (χ0) is 31.2. The Kier molecular flexibility index (Phi) is 9.84. The highest BCUT2D eigenvalue weighted by molar-refractivity contribution is 7.07. The summed E-state index contributed by atoms with van der Waals surface area (Å²) >= 11 is 1.26. The lowest BCUT2D eigenvalue weighted by Crippen LogP contribution is -2.40. The molecule has 0 bridgehead atoms. The molecule has 1 saturated heterocycles. The molecule has 10 nitrogen and oxygen atoms in total. The summed E-state index contributed by atoms with van der Waals surface area (Å²) in [6.45, 7) is 5.50. The Bertz CT molecular complexity index is 1730. The molecule has 0 spiro atoms. The number of carbonyl (C=O) groups excluding carboxylic acids is 2. The smallest absolute Gasteiger partial charge is 0.338 e. The molecule has 2 aromatic carbocycles. The van der Waals surface area contributed by atoms with Gasteiger partial charge in [0.25, 0.3) is 11.5 Å².